The van der Waals surface area contributed by atoms with Gasteiger partial charge in [0.2, 0.25) is 16.4 Å². The van der Waals surface area contributed by atoms with Gasteiger partial charge in [0.05, 0.1) is 0 Å². The number of rotatable bonds is 9. The molecule has 0 aliphatic heterocycles. The molecule has 0 aromatic heterocycles. The zero-order chi connectivity index (χ0) is 22.3. The number of hydrogen-bond acceptors (Lipinski definition) is 1. The van der Waals surface area contributed by atoms with Crippen molar-refractivity contribution in [1.29, 1.82) is 0 Å². The summed E-state index contributed by atoms with van der Waals surface area (Å²) in [7, 11) is -5.69. The van der Waals surface area contributed by atoms with Crippen molar-refractivity contribution in [2.45, 2.75) is 38.9 Å². The van der Waals surface area contributed by atoms with E-state index in [0.717, 1.165) is 33.7 Å². The van der Waals surface area contributed by atoms with E-state index >= 15 is 8.78 Å². The van der Waals surface area contributed by atoms with E-state index in [1.807, 2.05) is 91.0 Å². The Kier molecular flexibility index (Phi) is 7.62. The first kappa shape index (κ1) is 23.2. The molecule has 0 N–H and O–H groups in total. The van der Waals surface area contributed by atoms with Crippen LogP contribution in [-0.4, -0.2) is 16.4 Å². The van der Waals surface area contributed by atoms with E-state index in [9.17, 15) is 0 Å². The van der Waals surface area contributed by atoms with Gasteiger partial charge in [-0.15, -0.1) is 0 Å². The van der Waals surface area contributed by atoms with Gasteiger partial charge in [0, 0.05) is 0 Å². The lowest BCUT2D eigenvalue weighted by atomic mass is 10.3. The summed E-state index contributed by atoms with van der Waals surface area (Å²) < 4.78 is 36.6. The highest BCUT2D eigenvalue weighted by molar-refractivity contribution is 7.16. The Labute approximate surface area is 186 Å². The molecule has 0 saturated carbocycles. The largest absolute Gasteiger partial charge is 0.545 e. The molecule has 0 saturated heterocycles. The molecule has 3 aromatic carbocycles. The van der Waals surface area contributed by atoms with Crippen molar-refractivity contribution in [3.63, 3.8) is 0 Å². The second-order valence-corrected chi connectivity index (χ2v) is 16.2. The van der Waals surface area contributed by atoms with Crippen LogP contribution in [0.5, 0.6) is 0 Å². The van der Waals surface area contributed by atoms with Gasteiger partial charge in [-0.25, -0.2) is 0 Å². The molecule has 0 atom stereocenters. The maximum absolute atomic E-state index is 15.0. The van der Waals surface area contributed by atoms with Gasteiger partial charge in [-0.1, -0.05) is 112 Å². The smallest absolute Gasteiger partial charge is 0.302 e. The maximum Gasteiger partial charge on any atom is 0.302 e. The highest BCUT2D eigenvalue weighted by Crippen LogP contribution is 2.31. The van der Waals surface area contributed by atoms with E-state index in [1.165, 1.54) is 0 Å². The lowest BCUT2D eigenvalue weighted by Crippen LogP contribution is -2.70. The molecule has 0 heterocycles. The minimum absolute atomic E-state index is 0.0895. The summed E-state index contributed by atoms with van der Waals surface area (Å²) in [5.74, 6) is 0. The molecule has 162 valence electrons. The van der Waals surface area contributed by atoms with Gasteiger partial charge in [-0.2, -0.15) is 8.78 Å². The molecular weight excluding hydrogens is 422 g/mol. The summed E-state index contributed by atoms with van der Waals surface area (Å²) in [5, 5.41) is 2.62. The minimum atomic E-state index is -3.33. The summed E-state index contributed by atoms with van der Waals surface area (Å²) in [6, 6.07) is 31.7. The predicted octanol–water partition coefficient (Wildman–Crippen LogP) is 5.83. The molecule has 3 rings (SSSR count). The summed E-state index contributed by atoms with van der Waals surface area (Å²) in [4.78, 5) is 0. The van der Waals surface area contributed by atoms with E-state index in [2.05, 4.69) is 20.8 Å². The Balaban J connectivity index is 2.43. The van der Waals surface area contributed by atoms with Crippen molar-refractivity contribution >= 4 is 32.0 Å². The fraction of sp³-hybridized carbons (Fsp3) is 0.231. The first-order valence-electron chi connectivity index (χ1n) is 11.0. The van der Waals surface area contributed by atoms with E-state index in [0.29, 0.717) is 0 Å². The standard InChI is InChI=1S/C26H30F2OSi2/c1-4-30(5-2,6-3)29-26(25(27)28)31(22-16-10-7-11-17-22,23-18-12-8-13-19-23)24-20-14-9-15-21-24/h7-21H,4-6H2,1-3H3. The summed E-state index contributed by atoms with van der Waals surface area (Å²) in [6.45, 7) is 6.22. The Morgan fingerprint density at radius 2 is 0.935 bits per heavy atom. The van der Waals surface area contributed by atoms with Crippen molar-refractivity contribution < 1.29 is 13.2 Å². The quantitative estimate of drug-likeness (QED) is 0.226. The molecule has 0 radical (unpaired) electrons. The lowest BCUT2D eigenvalue weighted by Gasteiger charge is -2.40. The summed E-state index contributed by atoms with van der Waals surface area (Å²) >= 11 is 0. The van der Waals surface area contributed by atoms with Gasteiger partial charge in [-0.3, -0.25) is 0 Å². The first-order valence-corrected chi connectivity index (χ1v) is 15.5. The molecular formula is C26H30F2OSi2. The van der Waals surface area contributed by atoms with Crippen LogP contribution in [0, 0.1) is 0 Å². The van der Waals surface area contributed by atoms with Crippen LogP contribution in [0.15, 0.2) is 102 Å². The van der Waals surface area contributed by atoms with Gasteiger partial charge in [0.1, 0.15) is 5.38 Å². The van der Waals surface area contributed by atoms with E-state index in [1.54, 1.807) is 0 Å². The molecule has 0 spiro atoms. The van der Waals surface area contributed by atoms with E-state index in [4.69, 9.17) is 4.43 Å². The van der Waals surface area contributed by atoms with Crippen LogP contribution in [0.25, 0.3) is 0 Å². The molecule has 0 fully saturated rings. The number of halogens is 2. The van der Waals surface area contributed by atoms with Gasteiger partial charge in [0.15, 0.2) is 0 Å². The normalized spacial score (nSPS) is 11.8. The van der Waals surface area contributed by atoms with Gasteiger partial charge >= 0.3 is 6.08 Å². The molecule has 0 amide bonds. The Morgan fingerprint density at radius 3 is 1.19 bits per heavy atom. The van der Waals surface area contributed by atoms with Crippen LogP contribution in [0.3, 0.4) is 0 Å². The van der Waals surface area contributed by atoms with Crippen molar-refractivity contribution in [1.82, 2.24) is 0 Å². The SMILES string of the molecule is CC[Si](CC)(CC)OC(=C(F)F)[Si](c1ccccc1)(c1ccccc1)c1ccccc1. The van der Waals surface area contributed by atoms with Crippen LogP contribution in [0.1, 0.15) is 20.8 Å². The molecule has 0 bridgehead atoms. The molecule has 0 unspecified atom stereocenters. The average molecular weight is 453 g/mol. The predicted molar refractivity (Wildman–Crippen MR) is 132 cm³/mol. The second kappa shape index (κ2) is 10.2. The topological polar surface area (TPSA) is 9.23 Å². The van der Waals surface area contributed by atoms with Crippen molar-refractivity contribution in [3.8, 4) is 0 Å². The Hall–Kier alpha value is -2.51. The molecule has 0 aliphatic carbocycles. The highest BCUT2D eigenvalue weighted by atomic mass is 28.4. The highest BCUT2D eigenvalue weighted by Gasteiger charge is 2.50. The van der Waals surface area contributed by atoms with Crippen LogP contribution < -0.4 is 15.6 Å². The summed E-state index contributed by atoms with van der Waals surface area (Å²) in [5.41, 5.74) is 0. The van der Waals surface area contributed by atoms with Crippen molar-refractivity contribution in [2.75, 3.05) is 0 Å². The fourth-order valence-electron chi connectivity index (χ4n) is 4.40. The van der Waals surface area contributed by atoms with Crippen LogP contribution in [0.4, 0.5) is 8.78 Å². The van der Waals surface area contributed by atoms with E-state index in [-0.39, 0.29) is 5.38 Å². The summed E-state index contributed by atoms with van der Waals surface area (Å²) in [6.07, 6.45) is -1.70. The van der Waals surface area contributed by atoms with Crippen LogP contribution >= 0.6 is 0 Å². The lowest BCUT2D eigenvalue weighted by molar-refractivity contribution is 0.341. The molecule has 3 aromatic rings. The average Bonchev–Trinajstić information content (AvgIpc) is 2.84. The third-order valence-electron chi connectivity index (χ3n) is 6.38. The van der Waals surface area contributed by atoms with Crippen LogP contribution in [-0.2, 0) is 4.43 Å². The molecule has 5 heteroatoms. The number of benzene rings is 3. The third-order valence-corrected chi connectivity index (χ3v) is 15.7. The van der Waals surface area contributed by atoms with Crippen molar-refractivity contribution in [3.05, 3.63) is 102 Å². The fourth-order valence-corrected chi connectivity index (χ4v) is 12.3. The van der Waals surface area contributed by atoms with Gasteiger partial charge in [-0.05, 0) is 33.7 Å². The Morgan fingerprint density at radius 1 is 0.613 bits per heavy atom. The van der Waals surface area contributed by atoms with Crippen LogP contribution in [0.2, 0.25) is 18.1 Å². The zero-order valence-electron chi connectivity index (χ0n) is 18.4. The third kappa shape index (κ3) is 4.43. The maximum atomic E-state index is 15.0. The van der Waals surface area contributed by atoms with E-state index < -0.39 is 22.5 Å². The zero-order valence-corrected chi connectivity index (χ0v) is 20.4. The van der Waals surface area contributed by atoms with Crippen molar-refractivity contribution in [2.24, 2.45) is 0 Å². The molecule has 31 heavy (non-hydrogen) atoms. The molecule has 1 nitrogen and oxygen atoms in total. The molecule has 0 aliphatic rings. The minimum Gasteiger partial charge on any atom is -0.545 e. The second-order valence-electron chi connectivity index (χ2n) is 7.78. The van der Waals surface area contributed by atoms with Gasteiger partial charge in [0.25, 0.3) is 0 Å². The Bertz CT molecular complexity index is 879. The monoisotopic (exact) mass is 452 g/mol. The van der Waals surface area contributed by atoms with Gasteiger partial charge < -0.3 is 4.43 Å². The first-order chi connectivity index (χ1) is 15.0. The number of hydrogen-bond donors (Lipinski definition) is 0.